The minimum Gasteiger partial charge on any atom is -0.462 e. The summed E-state index contributed by atoms with van der Waals surface area (Å²) < 4.78 is 16.7. The van der Waals surface area contributed by atoms with Crippen LogP contribution in [-0.4, -0.2) is 37.2 Å². The van der Waals surface area contributed by atoms with Gasteiger partial charge in [0, 0.05) is 19.3 Å². The molecule has 0 spiro atoms. The smallest absolute Gasteiger partial charge is 0.306 e. The zero-order valence-corrected chi connectivity index (χ0v) is 38.1. The third kappa shape index (κ3) is 43.5. The van der Waals surface area contributed by atoms with Crippen LogP contribution in [0.15, 0.2) is 0 Å². The molecule has 0 N–H and O–H groups in total. The quantitative estimate of drug-likeness (QED) is 0.0347. The van der Waals surface area contributed by atoms with E-state index in [-0.39, 0.29) is 31.1 Å². The molecule has 0 aliphatic heterocycles. The molecule has 0 heterocycles. The van der Waals surface area contributed by atoms with Gasteiger partial charge in [-0.1, -0.05) is 240 Å². The number of carbonyl (C=O) groups is 3. The first-order valence-corrected chi connectivity index (χ1v) is 24.9. The van der Waals surface area contributed by atoms with Crippen molar-refractivity contribution in [2.75, 3.05) is 13.2 Å². The Bertz CT molecular complexity index is 841. The van der Waals surface area contributed by atoms with Crippen molar-refractivity contribution in [1.29, 1.82) is 0 Å². The van der Waals surface area contributed by atoms with Crippen LogP contribution < -0.4 is 0 Å². The Morgan fingerprint density at radius 2 is 0.589 bits per heavy atom. The van der Waals surface area contributed by atoms with E-state index >= 15 is 0 Å². The fraction of sp³-hybridized carbons (Fsp3) is 0.940. The van der Waals surface area contributed by atoms with Crippen molar-refractivity contribution in [3.8, 4) is 0 Å². The van der Waals surface area contributed by atoms with E-state index in [4.69, 9.17) is 14.2 Å². The summed E-state index contributed by atoms with van der Waals surface area (Å²) in [6.07, 6.45) is 45.3. The van der Waals surface area contributed by atoms with Crippen molar-refractivity contribution >= 4 is 17.9 Å². The zero-order chi connectivity index (χ0) is 41.0. The normalized spacial score (nSPS) is 11.9. The van der Waals surface area contributed by atoms with Crippen molar-refractivity contribution < 1.29 is 28.6 Å². The van der Waals surface area contributed by atoms with Crippen LogP contribution in [0.4, 0.5) is 0 Å². The summed E-state index contributed by atoms with van der Waals surface area (Å²) in [4.78, 5) is 37.7. The number of ether oxygens (including phenoxy) is 3. The van der Waals surface area contributed by atoms with E-state index in [2.05, 4.69) is 27.7 Å². The van der Waals surface area contributed by atoms with E-state index in [1.54, 1.807) is 0 Å². The van der Waals surface area contributed by atoms with E-state index in [9.17, 15) is 14.4 Å². The fourth-order valence-electron chi connectivity index (χ4n) is 7.51. The molecular weight excluding hydrogens is 697 g/mol. The van der Waals surface area contributed by atoms with Crippen LogP contribution in [0, 0.1) is 5.92 Å². The number of esters is 3. The highest BCUT2D eigenvalue weighted by molar-refractivity contribution is 5.71. The topological polar surface area (TPSA) is 78.9 Å². The molecule has 0 amide bonds. The number of hydrogen-bond acceptors (Lipinski definition) is 6. The maximum absolute atomic E-state index is 12.7. The van der Waals surface area contributed by atoms with Crippen molar-refractivity contribution in [3.63, 3.8) is 0 Å². The maximum Gasteiger partial charge on any atom is 0.306 e. The third-order valence-electron chi connectivity index (χ3n) is 11.3. The van der Waals surface area contributed by atoms with Gasteiger partial charge in [-0.15, -0.1) is 0 Å². The Morgan fingerprint density at radius 3 is 0.875 bits per heavy atom. The Kier molecular flexibility index (Phi) is 43.2. The van der Waals surface area contributed by atoms with Crippen LogP contribution in [0.1, 0.15) is 278 Å². The van der Waals surface area contributed by atoms with Gasteiger partial charge < -0.3 is 14.2 Å². The van der Waals surface area contributed by atoms with Crippen LogP contribution in [-0.2, 0) is 28.6 Å². The molecule has 0 aliphatic rings. The average Bonchev–Trinajstić information content (AvgIpc) is 3.18. The summed E-state index contributed by atoms with van der Waals surface area (Å²) in [6, 6.07) is 0. The molecule has 0 saturated heterocycles. The first-order chi connectivity index (χ1) is 27.4. The standard InChI is InChI=1S/C50H96O6/c1-5-7-9-11-13-15-16-17-18-19-20-21-22-23-24-26-30-35-39-43-50(53)56-47(44-54-48(51)41-37-33-29-25-14-12-10-8-6-2)45-55-49(52)42-38-34-31-27-28-32-36-40-46(3)4/h46-47H,5-45H2,1-4H3/t47-/m0/s1. The van der Waals surface area contributed by atoms with Gasteiger partial charge >= 0.3 is 17.9 Å². The molecule has 56 heavy (non-hydrogen) atoms. The highest BCUT2D eigenvalue weighted by atomic mass is 16.6. The minimum absolute atomic E-state index is 0.0642. The van der Waals surface area contributed by atoms with Crippen molar-refractivity contribution in [1.82, 2.24) is 0 Å². The molecule has 1 atom stereocenters. The number of rotatable bonds is 45. The molecule has 332 valence electrons. The Hall–Kier alpha value is -1.59. The molecule has 0 fully saturated rings. The lowest BCUT2D eigenvalue weighted by Crippen LogP contribution is -2.30. The summed E-state index contributed by atoms with van der Waals surface area (Å²) >= 11 is 0. The highest BCUT2D eigenvalue weighted by Gasteiger charge is 2.19. The molecule has 0 radical (unpaired) electrons. The molecular formula is C50H96O6. The first-order valence-electron chi connectivity index (χ1n) is 24.9. The lowest BCUT2D eigenvalue weighted by atomic mass is 10.0. The van der Waals surface area contributed by atoms with Crippen LogP contribution in [0.25, 0.3) is 0 Å². The summed E-state index contributed by atoms with van der Waals surface area (Å²) in [6.45, 7) is 8.95. The van der Waals surface area contributed by atoms with Gasteiger partial charge in [0.1, 0.15) is 13.2 Å². The summed E-state index contributed by atoms with van der Waals surface area (Å²) in [5, 5.41) is 0. The summed E-state index contributed by atoms with van der Waals surface area (Å²) in [5.74, 6) is -0.0726. The Balaban J connectivity index is 4.22. The summed E-state index contributed by atoms with van der Waals surface area (Å²) in [7, 11) is 0. The molecule has 0 aromatic rings. The minimum atomic E-state index is -0.760. The van der Waals surface area contributed by atoms with Gasteiger partial charge in [0.2, 0.25) is 0 Å². The predicted octanol–water partition coefficient (Wildman–Crippen LogP) is 15.9. The zero-order valence-electron chi connectivity index (χ0n) is 38.1. The van der Waals surface area contributed by atoms with Crippen LogP contribution in [0.2, 0.25) is 0 Å². The van der Waals surface area contributed by atoms with Gasteiger partial charge in [0.05, 0.1) is 0 Å². The Labute approximate surface area is 348 Å². The fourth-order valence-corrected chi connectivity index (χ4v) is 7.51. The lowest BCUT2D eigenvalue weighted by molar-refractivity contribution is -0.167. The molecule has 0 saturated carbocycles. The summed E-state index contributed by atoms with van der Waals surface area (Å²) in [5.41, 5.74) is 0. The highest BCUT2D eigenvalue weighted by Crippen LogP contribution is 2.17. The molecule has 0 rings (SSSR count). The second-order valence-electron chi connectivity index (χ2n) is 17.6. The molecule has 0 aromatic carbocycles. The monoisotopic (exact) mass is 793 g/mol. The van der Waals surface area contributed by atoms with E-state index in [0.29, 0.717) is 19.3 Å². The lowest BCUT2D eigenvalue weighted by Gasteiger charge is -2.18. The molecule has 6 heteroatoms. The average molecular weight is 793 g/mol. The second-order valence-corrected chi connectivity index (χ2v) is 17.6. The molecule has 0 unspecified atom stereocenters. The van der Waals surface area contributed by atoms with Gasteiger partial charge in [0.25, 0.3) is 0 Å². The third-order valence-corrected chi connectivity index (χ3v) is 11.3. The van der Waals surface area contributed by atoms with E-state index in [1.165, 1.54) is 173 Å². The van der Waals surface area contributed by atoms with E-state index in [0.717, 1.165) is 63.7 Å². The van der Waals surface area contributed by atoms with Gasteiger partial charge in [-0.05, 0) is 25.2 Å². The van der Waals surface area contributed by atoms with Crippen molar-refractivity contribution in [2.45, 2.75) is 284 Å². The molecule has 6 nitrogen and oxygen atoms in total. The molecule has 0 aromatic heterocycles. The van der Waals surface area contributed by atoms with Crippen molar-refractivity contribution in [2.24, 2.45) is 5.92 Å². The number of unbranched alkanes of at least 4 members (excludes halogenated alkanes) is 32. The van der Waals surface area contributed by atoms with E-state index in [1.807, 2.05) is 0 Å². The first kappa shape index (κ1) is 54.4. The van der Waals surface area contributed by atoms with Gasteiger partial charge in [0.15, 0.2) is 6.10 Å². The van der Waals surface area contributed by atoms with Crippen molar-refractivity contribution in [3.05, 3.63) is 0 Å². The SMILES string of the molecule is CCCCCCCCCCCCCCCCCCCCCC(=O)O[C@@H](COC(=O)CCCCCCCCCCC)COC(=O)CCCCCCCCCC(C)C. The largest absolute Gasteiger partial charge is 0.462 e. The van der Waals surface area contributed by atoms with Crippen LogP contribution >= 0.6 is 0 Å². The predicted molar refractivity (Wildman–Crippen MR) is 238 cm³/mol. The number of hydrogen-bond donors (Lipinski definition) is 0. The van der Waals surface area contributed by atoms with Crippen LogP contribution in [0.3, 0.4) is 0 Å². The van der Waals surface area contributed by atoms with E-state index < -0.39 is 6.10 Å². The maximum atomic E-state index is 12.7. The Morgan fingerprint density at radius 1 is 0.339 bits per heavy atom. The number of carbonyl (C=O) groups excluding carboxylic acids is 3. The van der Waals surface area contributed by atoms with Gasteiger partial charge in [-0.25, -0.2) is 0 Å². The second kappa shape index (κ2) is 44.5. The van der Waals surface area contributed by atoms with Gasteiger partial charge in [-0.3, -0.25) is 14.4 Å². The molecule has 0 aliphatic carbocycles. The van der Waals surface area contributed by atoms with Gasteiger partial charge in [-0.2, -0.15) is 0 Å². The van der Waals surface area contributed by atoms with Crippen LogP contribution in [0.5, 0.6) is 0 Å². The molecule has 0 bridgehead atoms.